The first-order chi connectivity index (χ1) is 19.1. The summed E-state index contributed by atoms with van der Waals surface area (Å²) in [6.07, 6.45) is -3.41. The maximum absolute atomic E-state index is 14.0. The molecule has 12 heteroatoms. The lowest BCUT2D eigenvalue weighted by molar-refractivity contribution is -0.137. The van der Waals surface area contributed by atoms with Crippen molar-refractivity contribution in [2.45, 2.75) is 31.6 Å². The van der Waals surface area contributed by atoms with Crippen LogP contribution in [0.25, 0.3) is 5.69 Å². The van der Waals surface area contributed by atoms with E-state index in [0.717, 1.165) is 24.3 Å². The molecule has 0 aliphatic carbocycles. The Morgan fingerprint density at radius 1 is 1.07 bits per heavy atom. The molecule has 0 saturated carbocycles. The molecule has 1 aliphatic heterocycles. The van der Waals surface area contributed by atoms with Gasteiger partial charge in [-0.25, -0.2) is 9.67 Å². The van der Waals surface area contributed by atoms with E-state index in [9.17, 15) is 27.2 Å². The Morgan fingerprint density at radius 2 is 1.82 bits per heavy atom. The predicted molar refractivity (Wildman–Crippen MR) is 138 cm³/mol. The Labute approximate surface area is 226 Å². The number of carbonyl (C=O) groups excluding carboxylic acids is 2. The molecule has 3 N–H and O–H groups in total. The SMILES string of the molecule is CCN1C(=O)[C@H](NC(=O)c2cccc(C(F)(F)F)c2)C(c2ccc(F)nc2)c2c(CN)nn(-c3ccccc3)c21. The van der Waals surface area contributed by atoms with Gasteiger partial charge in [-0.15, -0.1) is 0 Å². The molecule has 1 unspecified atom stereocenters. The summed E-state index contributed by atoms with van der Waals surface area (Å²) in [6, 6.07) is 14.3. The molecule has 5 rings (SSSR count). The number of hydrogen-bond donors (Lipinski definition) is 2. The molecule has 3 heterocycles. The summed E-state index contributed by atoms with van der Waals surface area (Å²) in [5.41, 5.74) is 6.83. The molecule has 2 aromatic heterocycles. The number of rotatable bonds is 6. The van der Waals surface area contributed by atoms with Crippen molar-refractivity contribution in [2.24, 2.45) is 5.73 Å². The van der Waals surface area contributed by atoms with Gasteiger partial charge in [0.1, 0.15) is 11.9 Å². The molecule has 1 aliphatic rings. The second-order valence-corrected chi connectivity index (χ2v) is 9.14. The predicted octanol–water partition coefficient (Wildman–Crippen LogP) is 4.18. The van der Waals surface area contributed by atoms with Crippen LogP contribution in [0.5, 0.6) is 0 Å². The standard InChI is InChI=1S/C28H24F4N6O2/c1-2-37-26-23(20(14-33)36-38(26)19-9-4-3-5-10-19)22(17-11-12-21(29)34-15-17)24(27(37)40)35-25(39)16-7-6-8-18(13-16)28(30,31)32/h3-13,15,22,24H,2,14,33H2,1H3,(H,35,39)/t22?,24-/m1/s1. The molecular formula is C28H24F4N6O2. The number of fused-ring (bicyclic) bond motifs is 1. The van der Waals surface area contributed by atoms with Crippen LogP contribution >= 0.6 is 0 Å². The van der Waals surface area contributed by atoms with E-state index in [4.69, 9.17) is 5.73 Å². The van der Waals surface area contributed by atoms with E-state index in [1.54, 1.807) is 11.6 Å². The number of para-hydroxylation sites is 1. The lowest BCUT2D eigenvalue weighted by Gasteiger charge is -2.38. The fourth-order valence-electron chi connectivity index (χ4n) is 4.97. The van der Waals surface area contributed by atoms with Gasteiger partial charge in [0, 0.05) is 36.3 Å². The quantitative estimate of drug-likeness (QED) is 0.276. The Bertz CT molecular complexity index is 1550. The summed E-state index contributed by atoms with van der Waals surface area (Å²) in [5, 5.41) is 7.32. The number of pyridine rings is 1. The Kier molecular flexibility index (Phi) is 7.11. The van der Waals surface area contributed by atoms with Crippen molar-refractivity contribution in [1.82, 2.24) is 20.1 Å². The summed E-state index contributed by atoms with van der Waals surface area (Å²) in [7, 11) is 0. The number of aromatic nitrogens is 3. The minimum absolute atomic E-state index is 0.0205. The van der Waals surface area contributed by atoms with Gasteiger partial charge in [0.2, 0.25) is 5.95 Å². The number of nitrogens with zero attached hydrogens (tertiary/aromatic N) is 4. The Hall–Kier alpha value is -4.58. The third-order valence-electron chi connectivity index (χ3n) is 6.76. The molecule has 2 aromatic carbocycles. The van der Waals surface area contributed by atoms with Crippen molar-refractivity contribution in [2.75, 3.05) is 11.4 Å². The molecule has 0 fully saturated rings. The molecule has 0 radical (unpaired) electrons. The van der Waals surface area contributed by atoms with Crippen molar-refractivity contribution in [3.63, 3.8) is 0 Å². The van der Waals surface area contributed by atoms with Crippen LogP contribution in [0.1, 0.15) is 45.6 Å². The summed E-state index contributed by atoms with van der Waals surface area (Å²) in [5.74, 6) is -2.63. The molecule has 206 valence electrons. The van der Waals surface area contributed by atoms with Crippen molar-refractivity contribution < 1.29 is 27.2 Å². The number of benzene rings is 2. The van der Waals surface area contributed by atoms with Gasteiger partial charge in [-0.2, -0.15) is 22.7 Å². The van der Waals surface area contributed by atoms with E-state index in [-0.39, 0.29) is 18.7 Å². The zero-order valence-electron chi connectivity index (χ0n) is 21.2. The monoisotopic (exact) mass is 552 g/mol. The largest absolute Gasteiger partial charge is 0.416 e. The number of likely N-dealkylation sites (N-methyl/N-ethyl adjacent to an activating group) is 1. The fraction of sp³-hybridized carbons (Fsp3) is 0.214. The van der Waals surface area contributed by atoms with E-state index in [1.807, 2.05) is 30.3 Å². The lowest BCUT2D eigenvalue weighted by atomic mass is 9.81. The van der Waals surface area contributed by atoms with Gasteiger partial charge in [-0.1, -0.05) is 30.3 Å². The van der Waals surface area contributed by atoms with E-state index < -0.39 is 41.5 Å². The fourth-order valence-corrected chi connectivity index (χ4v) is 4.97. The van der Waals surface area contributed by atoms with Gasteiger partial charge in [-0.05, 0) is 48.9 Å². The smallest absolute Gasteiger partial charge is 0.339 e. The van der Waals surface area contributed by atoms with Gasteiger partial charge in [0.15, 0.2) is 0 Å². The number of anilines is 1. The van der Waals surface area contributed by atoms with Gasteiger partial charge in [0.25, 0.3) is 11.8 Å². The van der Waals surface area contributed by atoms with E-state index in [1.165, 1.54) is 23.2 Å². The zero-order valence-corrected chi connectivity index (χ0v) is 21.2. The molecule has 2 atom stereocenters. The molecule has 8 nitrogen and oxygen atoms in total. The number of hydrogen-bond acceptors (Lipinski definition) is 5. The summed E-state index contributed by atoms with van der Waals surface area (Å²) in [4.78, 5) is 32.5. The molecule has 0 saturated heterocycles. The van der Waals surface area contributed by atoms with Crippen LogP contribution in [-0.2, 0) is 17.5 Å². The molecule has 2 amide bonds. The van der Waals surface area contributed by atoms with Gasteiger partial charge in [0.05, 0.1) is 16.9 Å². The first-order valence-corrected chi connectivity index (χ1v) is 12.4. The first kappa shape index (κ1) is 27.0. The van der Waals surface area contributed by atoms with Crippen LogP contribution in [0, 0.1) is 5.95 Å². The third kappa shape index (κ3) is 4.81. The molecule has 40 heavy (non-hydrogen) atoms. The zero-order chi connectivity index (χ0) is 28.6. The topological polar surface area (TPSA) is 106 Å². The second-order valence-electron chi connectivity index (χ2n) is 9.14. The van der Waals surface area contributed by atoms with E-state index in [2.05, 4.69) is 15.4 Å². The summed E-state index contributed by atoms with van der Waals surface area (Å²) < 4.78 is 55.3. The van der Waals surface area contributed by atoms with Crippen molar-refractivity contribution >= 4 is 17.6 Å². The van der Waals surface area contributed by atoms with Crippen LogP contribution in [0.3, 0.4) is 0 Å². The van der Waals surface area contributed by atoms with Gasteiger partial charge >= 0.3 is 6.18 Å². The van der Waals surface area contributed by atoms with Crippen LogP contribution < -0.4 is 16.0 Å². The molecular weight excluding hydrogens is 528 g/mol. The highest BCUT2D eigenvalue weighted by Gasteiger charge is 2.46. The molecule has 4 aromatic rings. The number of nitrogens with one attached hydrogen (secondary N) is 1. The second kappa shape index (κ2) is 10.5. The number of alkyl halides is 3. The highest BCUT2D eigenvalue weighted by molar-refractivity contribution is 6.05. The number of halogens is 4. The number of carbonyl (C=O) groups is 2. The third-order valence-corrected chi connectivity index (χ3v) is 6.76. The summed E-state index contributed by atoms with van der Waals surface area (Å²) >= 11 is 0. The van der Waals surface area contributed by atoms with Crippen LogP contribution in [0.15, 0.2) is 72.9 Å². The summed E-state index contributed by atoms with van der Waals surface area (Å²) in [6.45, 7) is 1.92. The normalized spacial score (nSPS) is 17.1. The maximum Gasteiger partial charge on any atom is 0.416 e. The number of nitrogens with two attached hydrogens (primary N) is 1. The minimum atomic E-state index is -4.66. The van der Waals surface area contributed by atoms with Crippen molar-refractivity contribution in [3.05, 3.63) is 107 Å². The molecule has 0 spiro atoms. The van der Waals surface area contributed by atoms with Crippen LogP contribution in [0.2, 0.25) is 0 Å². The van der Waals surface area contributed by atoms with Crippen molar-refractivity contribution in [3.8, 4) is 5.69 Å². The van der Waals surface area contributed by atoms with Crippen LogP contribution in [0.4, 0.5) is 23.4 Å². The van der Waals surface area contributed by atoms with Crippen molar-refractivity contribution in [1.29, 1.82) is 0 Å². The Morgan fingerprint density at radius 3 is 2.45 bits per heavy atom. The van der Waals surface area contributed by atoms with E-state index >= 15 is 0 Å². The number of amides is 2. The van der Waals surface area contributed by atoms with Gasteiger partial charge in [-0.3, -0.25) is 14.5 Å². The van der Waals surface area contributed by atoms with Gasteiger partial charge < -0.3 is 11.1 Å². The lowest BCUT2D eigenvalue weighted by Crippen LogP contribution is -2.55. The average Bonchev–Trinajstić information content (AvgIpc) is 3.33. The van der Waals surface area contributed by atoms with Crippen LogP contribution in [-0.4, -0.2) is 39.2 Å². The molecule has 0 bridgehead atoms. The van der Waals surface area contributed by atoms with E-state index in [0.29, 0.717) is 28.3 Å². The first-order valence-electron chi connectivity index (χ1n) is 12.4. The minimum Gasteiger partial charge on any atom is -0.339 e. The average molecular weight is 553 g/mol. The highest BCUT2D eigenvalue weighted by atomic mass is 19.4. The maximum atomic E-state index is 14.0. The Balaban J connectivity index is 1.67. The highest BCUT2D eigenvalue weighted by Crippen LogP contribution is 2.43.